The highest BCUT2D eigenvalue weighted by Crippen LogP contribution is 2.32. The second-order valence-electron chi connectivity index (χ2n) is 6.21. The molecule has 116 valence electrons. The maximum absolute atomic E-state index is 4.40. The second-order valence-corrected chi connectivity index (χ2v) is 7.41. The standard InChI is InChI=1S/C14H19N7S/c1-8-9(2)22-13-11(8)12(16-7-17-13)15-6-10-18-20-21(19-10)14(3,4)5/h7H,6H2,1-5H3,(H,15,16,17). The van der Waals surface area contributed by atoms with Gasteiger partial charge in [-0.2, -0.15) is 4.80 Å². The smallest absolute Gasteiger partial charge is 0.193 e. The average Bonchev–Trinajstić information content (AvgIpc) is 3.03. The Morgan fingerprint density at radius 1 is 1.23 bits per heavy atom. The molecule has 0 aromatic carbocycles. The summed E-state index contributed by atoms with van der Waals surface area (Å²) in [6.45, 7) is 10.8. The van der Waals surface area contributed by atoms with E-state index in [1.165, 1.54) is 10.4 Å². The number of fused-ring (bicyclic) bond motifs is 1. The molecular formula is C14H19N7S. The molecular weight excluding hydrogens is 298 g/mol. The molecule has 3 rings (SSSR count). The van der Waals surface area contributed by atoms with Gasteiger partial charge in [0.25, 0.3) is 0 Å². The summed E-state index contributed by atoms with van der Waals surface area (Å²) in [5.41, 5.74) is 1.04. The largest absolute Gasteiger partial charge is 0.362 e. The number of aromatic nitrogens is 6. The monoisotopic (exact) mass is 317 g/mol. The number of anilines is 1. The summed E-state index contributed by atoms with van der Waals surface area (Å²) in [6, 6.07) is 0. The molecule has 0 radical (unpaired) electrons. The predicted molar refractivity (Wildman–Crippen MR) is 87.0 cm³/mol. The van der Waals surface area contributed by atoms with Crippen LogP contribution in [-0.2, 0) is 12.1 Å². The molecule has 0 saturated heterocycles. The van der Waals surface area contributed by atoms with E-state index in [1.54, 1.807) is 22.5 Å². The maximum Gasteiger partial charge on any atom is 0.193 e. The topological polar surface area (TPSA) is 81.4 Å². The molecule has 3 aromatic heterocycles. The van der Waals surface area contributed by atoms with Crippen LogP contribution in [0.5, 0.6) is 0 Å². The van der Waals surface area contributed by atoms with Crippen LogP contribution >= 0.6 is 11.3 Å². The van der Waals surface area contributed by atoms with E-state index in [4.69, 9.17) is 0 Å². The van der Waals surface area contributed by atoms with Crippen LogP contribution in [0.25, 0.3) is 10.2 Å². The Morgan fingerprint density at radius 3 is 2.68 bits per heavy atom. The van der Waals surface area contributed by atoms with E-state index in [0.717, 1.165) is 16.0 Å². The SMILES string of the molecule is Cc1sc2ncnc(NCc3nnn(C(C)(C)C)n3)c2c1C. The normalized spacial score (nSPS) is 12.0. The fraction of sp³-hybridized carbons (Fsp3) is 0.500. The van der Waals surface area contributed by atoms with Crippen molar-refractivity contribution in [3.05, 3.63) is 22.6 Å². The van der Waals surface area contributed by atoms with Crippen molar-refractivity contribution in [2.45, 2.75) is 46.7 Å². The van der Waals surface area contributed by atoms with Gasteiger partial charge in [0, 0.05) is 4.88 Å². The predicted octanol–water partition coefficient (Wildman–Crippen LogP) is 2.66. The Balaban J connectivity index is 1.84. The number of rotatable bonds is 3. The fourth-order valence-corrected chi connectivity index (χ4v) is 3.07. The van der Waals surface area contributed by atoms with Gasteiger partial charge in [-0.05, 0) is 45.4 Å². The third kappa shape index (κ3) is 2.66. The molecule has 8 heteroatoms. The Labute approximate surface area is 132 Å². The summed E-state index contributed by atoms with van der Waals surface area (Å²) in [6.07, 6.45) is 1.58. The molecule has 0 aliphatic carbocycles. The van der Waals surface area contributed by atoms with E-state index < -0.39 is 0 Å². The summed E-state index contributed by atoms with van der Waals surface area (Å²) in [5.74, 6) is 1.46. The van der Waals surface area contributed by atoms with E-state index in [-0.39, 0.29) is 5.54 Å². The summed E-state index contributed by atoms with van der Waals surface area (Å²) in [5, 5.41) is 16.9. The second kappa shape index (κ2) is 5.28. The van der Waals surface area contributed by atoms with Gasteiger partial charge in [-0.25, -0.2) is 9.97 Å². The summed E-state index contributed by atoms with van der Waals surface area (Å²) >= 11 is 1.68. The van der Waals surface area contributed by atoms with E-state index >= 15 is 0 Å². The van der Waals surface area contributed by atoms with Gasteiger partial charge in [-0.15, -0.1) is 21.5 Å². The summed E-state index contributed by atoms with van der Waals surface area (Å²) < 4.78 is 0. The maximum atomic E-state index is 4.40. The van der Waals surface area contributed by atoms with Crippen LogP contribution in [0.15, 0.2) is 6.33 Å². The third-order valence-corrected chi connectivity index (χ3v) is 4.55. The van der Waals surface area contributed by atoms with Gasteiger partial charge in [-0.1, -0.05) is 0 Å². The van der Waals surface area contributed by atoms with Crippen molar-refractivity contribution in [1.29, 1.82) is 0 Å². The molecule has 7 nitrogen and oxygen atoms in total. The Bertz CT molecular complexity index is 812. The van der Waals surface area contributed by atoms with Crippen LogP contribution in [-0.4, -0.2) is 30.2 Å². The van der Waals surface area contributed by atoms with Gasteiger partial charge >= 0.3 is 0 Å². The number of hydrogen-bond donors (Lipinski definition) is 1. The molecule has 22 heavy (non-hydrogen) atoms. The first-order chi connectivity index (χ1) is 10.4. The van der Waals surface area contributed by atoms with E-state index in [2.05, 4.69) is 44.5 Å². The Morgan fingerprint density at radius 2 is 2.00 bits per heavy atom. The molecule has 1 N–H and O–H groups in total. The van der Waals surface area contributed by atoms with Crippen molar-refractivity contribution >= 4 is 27.4 Å². The van der Waals surface area contributed by atoms with Crippen molar-refractivity contribution in [2.75, 3.05) is 5.32 Å². The molecule has 0 aliphatic heterocycles. The van der Waals surface area contributed by atoms with Crippen LogP contribution in [0, 0.1) is 13.8 Å². The van der Waals surface area contributed by atoms with Crippen LogP contribution in [0.2, 0.25) is 0 Å². The lowest BCUT2D eigenvalue weighted by Gasteiger charge is -2.15. The van der Waals surface area contributed by atoms with Crippen molar-refractivity contribution < 1.29 is 0 Å². The minimum Gasteiger partial charge on any atom is -0.362 e. The number of tetrazole rings is 1. The van der Waals surface area contributed by atoms with E-state index in [9.17, 15) is 0 Å². The molecule has 3 heterocycles. The lowest BCUT2D eigenvalue weighted by Crippen LogP contribution is -2.24. The van der Waals surface area contributed by atoms with Gasteiger partial charge < -0.3 is 5.32 Å². The number of aryl methyl sites for hydroxylation is 2. The highest BCUT2D eigenvalue weighted by atomic mass is 32.1. The number of thiophene rings is 1. The van der Waals surface area contributed by atoms with Crippen molar-refractivity contribution in [1.82, 2.24) is 30.2 Å². The van der Waals surface area contributed by atoms with Crippen molar-refractivity contribution in [2.24, 2.45) is 0 Å². The number of hydrogen-bond acceptors (Lipinski definition) is 7. The van der Waals surface area contributed by atoms with Gasteiger partial charge in [0.05, 0.1) is 17.5 Å². The number of nitrogens with one attached hydrogen (secondary N) is 1. The zero-order valence-corrected chi connectivity index (χ0v) is 14.2. The van der Waals surface area contributed by atoms with Crippen LogP contribution in [0.3, 0.4) is 0 Å². The Kier molecular flexibility index (Phi) is 3.56. The van der Waals surface area contributed by atoms with Gasteiger partial charge in [0.1, 0.15) is 17.0 Å². The first-order valence-electron chi connectivity index (χ1n) is 7.10. The molecule has 0 saturated carbocycles. The van der Waals surface area contributed by atoms with Gasteiger partial charge in [0.2, 0.25) is 0 Å². The van der Waals surface area contributed by atoms with Gasteiger partial charge in [0.15, 0.2) is 5.82 Å². The molecule has 0 amide bonds. The molecule has 3 aromatic rings. The lowest BCUT2D eigenvalue weighted by atomic mass is 10.1. The minimum atomic E-state index is -0.172. The zero-order chi connectivity index (χ0) is 15.9. The molecule has 0 spiro atoms. The van der Waals surface area contributed by atoms with Crippen LogP contribution in [0.4, 0.5) is 5.82 Å². The highest BCUT2D eigenvalue weighted by molar-refractivity contribution is 7.18. The van der Waals surface area contributed by atoms with E-state index in [1.807, 2.05) is 20.8 Å². The molecule has 0 fully saturated rings. The zero-order valence-electron chi connectivity index (χ0n) is 13.4. The highest BCUT2D eigenvalue weighted by Gasteiger charge is 2.17. The van der Waals surface area contributed by atoms with E-state index in [0.29, 0.717) is 12.4 Å². The summed E-state index contributed by atoms with van der Waals surface area (Å²) in [7, 11) is 0. The summed E-state index contributed by atoms with van der Waals surface area (Å²) in [4.78, 5) is 12.6. The van der Waals surface area contributed by atoms with Crippen molar-refractivity contribution in [3.8, 4) is 0 Å². The third-order valence-electron chi connectivity index (χ3n) is 3.43. The lowest BCUT2D eigenvalue weighted by molar-refractivity contribution is 0.305. The quantitative estimate of drug-likeness (QED) is 0.800. The number of nitrogens with zero attached hydrogens (tertiary/aromatic N) is 6. The first-order valence-corrected chi connectivity index (χ1v) is 7.92. The first kappa shape index (κ1) is 14.8. The molecule has 0 unspecified atom stereocenters. The van der Waals surface area contributed by atoms with Gasteiger partial charge in [-0.3, -0.25) is 0 Å². The molecule has 0 bridgehead atoms. The van der Waals surface area contributed by atoms with Crippen LogP contribution in [0.1, 0.15) is 37.0 Å². The molecule has 0 atom stereocenters. The fourth-order valence-electron chi connectivity index (χ4n) is 2.08. The van der Waals surface area contributed by atoms with Crippen molar-refractivity contribution in [3.63, 3.8) is 0 Å². The Hall–Kier alpha value is -2.09. The minimum absolute atomic E-state index is 0.172. The average molecular weight is 317 g/mol. The van der Waals surface area contributed by atoms with Crippen LogP contribution < -0.4 is 5.32 Å². The molecule has 0 aliphatic rings.